The molecular formula is C22H25BrN2O3. The van der Waals surface area contributed by atoms with E-state index < -0.39 is 6.10 Å². The zero-order valence-corrected chi connectivity index (χ0v) is 17.6. The summed E-state index contributed by atoms with van der Waals surface area (Å²) in [5.74, 6) is 0.506. The highest BCUT2D eigenvalue weighted by Crippen LogP contribution is 2.28. The minimum Gasteiger partial charge on any atom is -0.488 e. The van der Waals surface area contributed by atoms with Crippen molar-refractivity contribution in [3.05, 3.63) is 63.6 Å². The number of hydrogen-bond acceptors (Lipinski definition) is 4. The Morgan fingerprint density at radius 1 is 1.21 bits per heavy atom. The summed E-state index contributed by atoms with van der Waals surface area (Å²) in [6.07, 6.45) is 0.269. The van der Waals surface area contributed by atoms with E-state index in [2.05, 4.69) is 45.1 Å². The normalized spacial score (nSPS) is 20.8. The lowest BCUT2D eigenvalue weighted by atomic mass is 10.00. The van der Waals surface area contributed by atoms with E-state index in [-0.39, 0.29) is 12.0 Å². The summed E-state index contributed by atoms with van der Waals surface area (Å²) in [4.78, 5) is 17.0. The number of carbonyl (C=O) groups excluding carboxylic acids is 1. The van der Waals surface area contributed by atoms with Crippen LogP contribution in [0.4, 0.5) is 0 Å². The molecule has 4 rings (SSSR count). The zero-order chi connectivity index (χ0) is 19.7. The summed E-state index contributed by atoms with van der Waals surface area (Å²) in [5.41, 5.74) is 3.27. The number of benzene rings is 2. The minimum absolute atomic E-state index is 0.0881. The minimum atomic E-state index is -0.599. The van der Waals surface area contributed by atoms with Crippen LogP contribution < -0.4 is 4.74 Å². The van der Waals surface area contributed by atoms with Crippen molar-refractivity contribution in [2.75, 3.05) is 26.2 Å². The molecule has 0 saturated carbocycles. The summed E-state index contributed by atoms with van der Waals surface area (Å²) in [6, 6.07) is 13.9. The van der Waals surface area contributed by atoms with Gasteiger partial charge in [-0.1, -0.05) is 40.2 Å². The van der Waals surface area contributed by atoms with Gasteiger partial charge in [0.1, 0.15) is 11.9 Å². The van der Waals surface area contributed by atoms with E-state index in [0.29, 0.717) is 30.9 Å². The van der Waals surface area contributed by atoms with Crippen LogP contribution >= 0.6 is 15.9 Å². The number of hydrogen-bond donors (Lipinski definition) is 1. The second-order valence-corrected chi connectivity index (χ2v) is 8.60. The quantitative estimate of drug-likeness (QED) is 0.786. The van der Waals surface area contributed by atoms with Crippen LogP contribution in [0.2, 0.25) is 0 Å². The first-order valence-corrected chi connectivity index (χ1v) is 10.5. The molecule has 5 nitrogen and oxygen atoms in total. The van der Waals surface area contributed by atoms with Gasteiger partial charge in [-0.3, -0.25) is 9.69 Å². The van der Waals surface area contributed by atoms with E-state index in [9.17, 15) is 9.90 Å². The highest BCUT2D eigenvalue weighted by atomic mass is 79.9. The molecule has 6 heteroatoms. The maximum atomic E-state index is 13.0. The number of amides is 1. The molecular weight excluding hydrogens is 420 g/mol. The molecule has 0 fully saturated rings. The zero-order valence-electron chi connectivity index (χ0n) is 16.0. The maximum absolute atomic E-state index is 13.0. The number of carbonyl (C=O) groups is 1. The Labute approximate surface area is 174 Å². The SMILES string of the molecule is CC1CN(CC(O)CN2CCc3ccccc3C2)C(=O)c2ccc(Br)cc2O1. The predicted octanol–water partition coefficient (Wildman–Crippen LogP) is 3.09. The Hall–Kier alpha value is -1.89. The van der Waals surface area contributed by atoms with Gasteiger partial charge in [0.05, 0.1) is 18.2 Å². The lowest BCUT2D eigenvalue weighted by molar-refractivity contribution is 0.0454. The molecule has 0 aromatic heterocycles. The average molecular weight is 445 g/mol. The lowest BCUT2D eigenvalue weighted by Gasteiger charge is -2.32. The molecule has 0 spiro atoms. The van der Waals surface area contributed by atoms with Crippen molar-refractivity contribution in [2.45, 2.75) is 32.1 Å². The van der Waals surface area contributed by atoms with Crippen molar-refractivity contribution < 1.29 is 14.6 Å². The van der Waals surface area contributed by atoms with E-state index in [1.54, 1.807) is 11.0 Å². The topological polar surface area (TPSA) is 53.0 Å². The molecule has 0 saturated heterocycles. The van der Waals surface area contributed by atoms with Gasteiger partial charge in [0.15, 0.2) is 0 Å². The van der Waals surface area contributed by atoms with E-state index in [1.165, 1.54) is 11.1 Å². The highest BCUT2D eigenvalue weighted by Gasteiger charge is 2.29. The molecule has 1 amide bonds. The molecule has 28 heavy (non-hydrogen) atoms. The molecule has 0 bridgehead atoms. The van der Waals surface area contributed by atoms with Crippen molar-refractivity contribution in [1.82, 2.24) is 9.80 Å². The second-order valence-electron chi connectivity index (χ2n) is 7.69. The van der Waals surface area contributed by atoms with E-state index in [1.807, 2.05) is 19.1 Å². The van der Waals surface area contributed by atoms with Gasteiger partial charge in [0.2, 0.25) is 0 Å². The first-order valence-electron chi connectivity index (χ1n) is 9.72. The molecule has 2 atom stereocenters. The number of fused-ring (bicyclic) bond motifs is 2. The number of aliphatic hydroxyl groups is 1. The molecule has 1 N–H and O–H groups in total. The van der Waals surface area contributed by atoms with Crippen molar-refractivity contribution >= 4 is 21.8 Å². The number of halogens is 1. The fourth-order valence-electron chi connectivity index (χ4n) is 4.07. The highest BCUT2D eigenvalue weighted by molar-refractivity contribution is 9.10. The second kappa shape index (κ2) is 8.23. The van der Waals surface area contributed by atoms with Crippen molar-refractivity contribution in [2.24, 2.45) is 0 Å². The Morgan fingerprint density at radius 2 is 2.00 bits per heavy atom. The fraction of sp³-hybridized carbons (Fsp3) is 0.409. The fourth-order valence-corrected chi connectivity index (χ4v) is 4.41. The maximum Gasteiger partial charge on any atom is 0.257 e. The van der Waals surface area contributed by atoms with E-state index in [0.717, 1.165) is 24.0 Å². The van der Waals surface area contributed by atoms with E-state index in [4.69, 9.17) is 4.74 Å². The first kappa shape index (κ1) is 19.4. The number of aliphatic hydroxyl groups excluding tert-OH is 1. The van der Waals surface area contributed by atoms with Crippen LogP contribution in [0.3, 0.4) is 0 Å². The third kappa shape index (κ3) is 4.24. The van der Waals surface area contributed by atoms with Crippen LogP contribution in [0, 0.1) is 0 Å². The Kier molecular flexibility index (Phi) is 5.71. The number of rotatable bonds is 4. The smallest absolute Gasteiger partial charge is 0.257 e. The van der Waals surface area contributed by atoms with Gasteiger partial charge >= 0.3 is 0 Å². The molecule has 2 heterocycles. The van der Waals surface area contributed by atoms with Crippen LogP contribution in [-0.4, -0.2) is 59.2 Å². The van der Waals surface area contributed by atoms with Crippen LogP contribution in [-0.2, 0) is 13.0 Å². The summed E-state index contributed by atoms with van der Waals surface area (Å²) in [7, 11) is 0. The van der Waals surface area contributed by atoms with Crippen LogP contribution in [0.5, 0.6) is 5.75 Å². The standard InChI is InChI=1S/C22H25BrN2O3/c1-15-11-25(22(27)20-7-6-18(23)10-21(20)28-15)14-19(26)13-24-9-8-16-4-2-3-5-17(16)12-24/h2-7,10,15,19,26H,8-9,11-14H2,1H3. The first-order chi connectivity index (χ1) is 13.5. The average Bonchev–Trinajstić information content (AvgIpc) is 2.77. The molecule has 148 valence electrons. The van der Waals surface area contributed by atoms with E-state index >= 15 is 0 Å². The Bertz CT molecular complexity index is 873. The third-order valence-corrected chi connectivity index (χ3v) is 5.87. The van der Waals surface area contributed by atoms with Gasteiger partial charge in [0.25, 0.3) is 5.91 Å². The lowest BCUT2D eigenvalue weighted by Crippen LogP contribution is -2.45. The van der Waals surface area contributed by atoms with Crippen molar-refractivity contribution in [1.29, 1.82) is 0 Å². The van der Waals surface area contributed by atoms with Crippen LogP contribution in [0.15, 0.2) is 46.9 Å². The van der Waals surface area contributed by atoms with Crippen LogP contribution in [0.25, 0.3) is 0 Å². The number of β-amino-alcohol motifs (C(OH)–C–C–N with tert-alkyl or cyclic N) is 1. The Morgan fingerprint density at radius 3 is 2.82 bits per heavy atom. The molecule has 0 radical (unpaired) electrons. The van der Waals surface area contributed by atoms with Gasteiger partial charge in [-0.15, -0.1) is 0 Å². The van der Waals surface area contributed by atoms with Gasteiger partial charge in [-0.25, -0.2) is 0 Å². The predicted molar refractivity (Wildman–Crippen MR) is 112 cm³/mol. The summed E-state index contributed by atoms with van der Waals surface area (Å²) < 4.78 is 6.80. The van der Waals surface area contributed by atoms with Gasteiger partial charge < -0.3 is 14.7 Å². The monoisotopic (exact) mass is 444 g/mol. The van der Waals surface area contributed by atoms with Crippen molar-refractivity contribution in [3.8, 4) is 5.75 Å². The summed E-state index contributed by atoms with van der Waals surface area (Å²) in [5, 5.41) is 10.7. The van der Waals surface area contributed by atoms with Gasteiger partial charge in [-0.05, 0) is 42.7 Å². The molecule has 2 aliphatic heterocycles. The number of nitrogens with zero attached hydrogens (tertiary/aromatic N) is 2. The molecule has 2 aromatic rings. The van der Waals surface area contributed by atoms with Crippen LogP contribution in [0.1, 0.15) is 28.4 Å². The molecule has 2 aromatic carbocycles. The Balaban J connectivity index is 1.42. The summed E-state index contributed by atoms with van der Waals surface area (Å²) >= 11 is 3.43. The largest absolute Gasteiger partial charge is 0.488 e. The third-order valence-electron chi connectivity index (χ3n) is 5.38. The van der Waals surface area contributed by atoms with Gasteiger partial charge in [0, 0.05) is 30.7 Å². The number of ether oxygens (including phenoxy) is 1. The molecule has 2 unspecified atom stereocenters. The van der Waals surface area contributed by atoms with Crippen molar-refractivity contribution in [3.63, 3.8) is 0 Å². The molecule has 2 aliphatic rings. The molecule has 0 aliphatic carbocycles. The summed E-state index contributed by atoms with van der Waals surface area (Å²) in [6.45, 7) is 5.05. The van der Waals surface area contributed by atoms with Gasteiger partial charge in [-0.2, -0.15) is 0 Å².